The zero-order valence-corrected chi connectivity index (χ0v) is 13.7. The molecule has 1 aromatic rings. The molecule has 0 saturated heterocycles. The van der Waals surface area contributed by atoms with Crippen molar-refractivity contribution in [2.45, 2.75) is 33.2 Å². The number of nitrogens with one attached hydrogen (secondary N) is 1. The summed E-state index contributed by atoms with van der Waals surface area (Å²) < 4.78 is 0. The maximum absolute atomic E-state index is 12.0. The fourth-order valence-electron chi connectivity index (χ4n) is 1.90. The molecular formula is C16H24N2O2S. The SMILES string of the molecule is CC(C)(C)[C@H](Cc1ccccc1)NC(=O)CSCC(N)=O. The first kappa shape index (κ1) is 17.6. The molecular weight excluding hydrogens is 284 g/mol. The van der Waals surface area contributed by atoms with Crippen molar-refractivity contribution in [3.8, 4) is 0 Å². The molecule has 1 aromatic carbocycles. The second-order valence-electron chi connectivity index (χ2n) is 6.13. The van der Waals surface area contributed by atoms with Crippen LogP contribution in [0.3, 0.4) is 0 Å². The Morgan fingerprint density at radius 1 is 1.19 bits per heavy atom. The van der Waals surface area contributed by atoms with Crippen LogP contribution in [0, 0.1) is 5.41 Å². The fourth-order valence-corrected chi connectivity index (χ4v) is 2.48. The quantitative estimate of drug-likeness (QED) is 0.809. The first-order chi connectivity index (χ1) is 9.79. The van der Waals surface area contributed by atoms with Gasteiger partial charge in [0, 0.05) is 6.04 Å². The Bertz CT molecular complexity index is 469. The number of benzene rings is 1. The van der Waals surface area contributed by atoms with Crippen molar-refractivity contribution < 1.29 is 9.59 Å². The van der Waals surface area contributed by atoms with Crippen LogP contribution in [-0.2, 0) is 16.0 Å². The lowest BCUT2D eigenvalue weighted by Crippen LogP contribution is -2.46. The van der Waals surface area contributed by atoms with Crippen molar-refractivity contribution in [3.63, 3.8) is 0 Å². The van der Waals surface area contributed by atoms with Gasteiger partial charge in [0.15, 0.2) is 0 Å². The number of rotatable bonds is 7. The van der Waals surface area contributed by atoms with Crippen LogP contribution in [0.15, 0.2) is 30.3 Å². The third-order valence-corrected chi connectivity index (χ3v) is 4.10. The van der Waals surface area contributed by atoms with E-state index in [9.17, 15) is 9.59 Å². The number of thioether (sulfide) groups is 1. The van der Waals surface area contributed by atoms with Gasteiger partial charge in [-0.15, -0.1) is 11.8 Å². The van der Waals surface area contributed by atoms with Crippen molar-refractivity contribution in [2.75, 3.05) is 11.5 Å². The van der Waals surface area contributed by atoms with Crippen molar-refractivity contribution in [3.05, 3.63) is 35.9 Å². The molecule has 0 aliphatic rings. The standard InChI is InChI=1S/C16H24N2O2S/c1-16(2,3)13(9-12-7-5-4-6-8-12)18-15(20)11-21-10-14(17)19/h4-8,13H,9-11H2,1-3H3,(H2,17,19)(H,18,20)/t13-/m0/s1. The Morgan fingerprint density at radius 3 is 2.33 bits per heavy atom. The first-order valence-electron chi connectivity index (χ1n) is 6.98. The van der Waals surface area contributed by atoms with E-state index in [2.05, 4.69) is 38.2 Å². The van der Waals surface area contributed by atoms with E-state index in [1.54, 1.807) is 0 Å². The Labute approximate surface area is 130 Å². The van der Waals surface area contributed by atoms with Crippen molar-refractivity contribution in [2.24, 2.45) is 11.1 Å². The van der Waals surface area contributed by atoms with Gasteiger partial charge in [0.05, 0.1) is 11.5 Å². The molecule has 0 aromatic heterocycles. The minimum atomic E-state index is -0.399. The van der Waals surface area contributed by atoms with E-state index in [0.717, 1.165) is 6.42 Å². The van der Waals surface area contributed by atoms with Gasteiger partial charge in [-0.1, -0.05) is 51.1 Å². The predicted molar refractivity (Wildman–Crippen MR) is 88.1 cm³/mol. The number of hydrogen-bond acceptors (Lipinski definition) is 3. The Hall–Kier alpha value is -1.49. The number of hydrogen-bond donors (Lipinski definition) is 2. The highest BCUT2D eigenvalue weighted by molar-refractivity contribution is 8.00. The van der Waals surface area contributed by atoms with E-state index < -0.39 is 5.91 Å². The molecule has 4 nitrogen and oxygen atoms in total. The molecule has 0 spiro atoms. The molecule has 21 heavy (non-hydrogen) atoms. The van der Waals surface area contributed by atoms with Crippen LogP contribution in [0.1, 0.15) is 26.3 Å². The molecule has 5 heteroatoms. The summed E-state index contributed by atoms with van der Waals surface area (Å²) in [5, 5.41) is 3.07. The fraction of sp³-hybridized carbons (Fsp3) is 0.500. The van der Waals surface area contributed by atoms with E-state index >= 15 is 0 Å². The van der Waals surface area contributed by atoms with Gasteiger partial charge in [0.25, 0.3) is 0 Å². The van der Waals surface area contributed by atoms with Gasteiger partial charge in [-0.2, -0.15) is 0 Å². The predicted octanol–water partition coefficient (Wildman–Crippen LogP) is 1.98. The summed E-state index contributed by atoms with van der Waals surface area (Å²) in [6, 6.07) is 10.1. The lowest BCUT2D eigenvalue weighted by Gasteiger charge is -2.31. The van der Waals surface area contributed by atoms with E-state index in [-0.39, 0.29) is 28.9 Å². The van der Waals surface area contributed by atoms with E-state index in [1.165, 1.54) is 17.3 Å². The summed E-state index contributed by atoms with van der Waals surface area (Å²) in [6.07, 6.45) is 0.788. The Morgan fingerprint density at radius 2 is 1.81 bits per heavy atom. The van der Waals surface area contributed by atoms with E-state index in [1.807, 2.05) is 18.2 Å². The number of carbonyl (C=O) groups is 2. The molecule has 0 aliphatic carbocycles. The van der Waals surface area contributed by atoms with Gasteiger partial charge in [-0.25, -0.2) is 0 Å². The lowest BCUT2D eigenvalue weighted by atomic mass is 9.83. The van der Waals surface area contributed by atoms with Crippen LogP contribution in [0.4, 0.5) is 0 Å². The molecule has 116 valence electrons. The molecule has 1 rings (SSSR count). The molecule has 0 fully saturated rings. The minimum Gasteiger partial charge on any atom is -0.369 e. The van der Waals surface area contributed by atoms with Crippen LogP contribution in [0.2, 0.25) is 0 Å². The van der Waals surface area contributed by atoms with Crippen LogP contribution in [0.25, 0.3) is 0 Å². The smallest absolute Gasteiger partial charge is 0.230 e. The van der Waals surface area contributed by atoms with Gasteiger partial charge in [0.2, 0.25) is 11.8 Å². The monoisotopic (exact) mass is 308 g/mol. The maximum atomic E-state index is 12.0. The molecule has 0 radical (unpaired) electrons. The second kappa shape index (κ2) is 8.08. The van der Waals surface area contributed by atoms with Crippen LogP contribution in [-0.4, -0.2) is 29.4 Å². The maximum Gasteiger partial charge on any atom is 0.230 e. The molecule has 0 unspecified atom stereocenters. The number of nitrogens with two attached hydrogens (primary N) is 1. The van der Waals surface area contributed by atoms with E-state index in [0.29, 0.717) is 0 Å². The van der Waals surface area contributed by atoms with Gasteiger partial charge >= 0.3 is 0 Å². The summed E-state index contributed by atoms with van der Waals surface area (Å²) in [6.45, 7) is 6.33. The van der Waals surface area contributed by atoms with Crippen molar-refractivity contribution >= 4 is 23.6 Å². The third kappa shape index (κ3) is 7.18. The van der Waals surface area contributed by atoms with Crippen molar-refractivity contribution in [1.29, 1.82) is 0 Å². The van der Waals surface area contributed by atoms with Crippen molar-refractivity contribution in [1.82, 2.24) is 5.32 Å². The van der Waals surface area contributed by atoms with Crippen LogP contribution < -0.4 is 11.1 Å². The van der Waals surface area contributed by atoms with E-state index in [4.69, 9.17) is 5.73 Å². The molecule has 1 atom stereocenters. The minimum absolute atomic E-state index is 0.0418. The zero-order valence-electron chi connectivity index (χ0n) is 12.9. The number of amides is 2. The molecule has 0 heterocycles. The second-order valence-corrected chi connectivity index (χ2v) is 7.12. The average molecular weight is 308 g/mol. The molecule has 0 aliphatic heterocycles. The Balaban J connectivity index is 2.58. The lowest BCUT2D eigenvalue weighted by molar-refractivity contribution is -0.120. The van der Waals surface area contributed by atoms with Gasteiger partial charge in [0.1, 0.15) is 0 Å². The average Bonchev–Trinajstić information content (AvgIpc) is 2.37. The first-order valence-corrected chi connectivity index (χ1v) is 8.14. The largest absolute Gasteiger partial charge is 0.369 e. The Kier molecular flexibility index (Phi) is 6.75. The summed E-state index contributed by atoms with van der Waals surface area (Å²) in [4.78, 5) is 22.7. The molecule has 0 bridgehead atoms. The summed E-state index contributed by atoms with van der Waals surface area (Å²) >= 11 is 1.24. The molecule has 2 amide bonds. The summed E-state index contributed by atoms with van der Waals surface area (Å²) in [7, 11) is 0. The zero-order chi connectivity index (χ0) is 15.9. The highest BCUT2D eigenvalue weighted by Crippen LogP contribution is 2.22. The molecule has 3 N–H and O–H groups in total. The van der Waals surface area contributed by atoms with Gasteiger partial charge in [-0.3, -0.25) is 9.59 Å². The van der Waals surface area contributed by atoms with Gasteiger partial charge in [-0.05, 0) is 17.4 Å². The highest BCUT2D eigenvalue weighted by Gasteiger charge is 2.26. The van der Waals surface area contributed by atoms with Crippen LogP contribution in [0.5, 0.6) is 0 Å². The highest BCUT2D eigenvalue weighted by atomic mass is 32.2. The summed E-state index contributed by atoms with van der Waals surface area (Å²) in [5.74, 6) is -0.0297. The summed E-state index contributed by atoms with van der Waals surface area (Å²) in [5.41, 5.74) is 6.21. The van der Waals surface area contributed by atoms with Gasteiger partial charge < -0.3 is 11.1 Å². The topological polar surface area (TPSA) is 72.2 Å². The normalized spacial score (nSPS) is 12.7. The number of carbonyl (C=O) groups excluding carboxylic acids is 2. The number of primary amides is 1. The van der Waals surface area contributed by atoms with Crippen LogP contribution >= 0.6 is 11.8 Å². The molecule has 0 saturated carbocycles. The third-order valence-electron chi connectivity index (χ3n) is 3.14.